The largest absolute Gasteiger partial charge is 0.303 e. The standard InChI is InChI=1S/C12H21N5/c1-2-15-6-3-11(4-7-15)16-9-12(10-16)17-8-5-13-14-17/h5,8,11-12H,2-4,6-7,9-10H2,1H3. The first-order valence-electron chi connectivity index (χ1n) is 6.69. The second-order valence-electron chi connectivity index (χ2n) is 5.16. The molecule has 0 amide bonds. The topological polar surface area (TPSA) is 37.2 Å². The van der Waals surface area contributed by atoms with E-state index in [0.717, 1.165) is 19.1 Å². The quantitative estimate of drug-likeness (QED) is 0.769. The summed E-state index contributed by atoms with van der Waals surface area (Å²) in [6.07, 6.45) is 6.40. The molecule has 0 radical (unpaired) electrons. The SMILES string of the molecule is CCN1CCC(N2CC(n3ccnn3)C2)CC1. The molecule has 94 valence electrons. The fraction of sp³-hybridized carbons (Fsp3) is 0.833. The molecule has 0 unspecified atom stereocenters. The molecule has 2 aliphatic rings. The molecule has 0 bridgehead atoms. The zero-order valence-electron chi connectivity index (χ0n) is 10.5. The molecule has 5 heteroatoms. The summed E-state index contributed by atoms with van der Waals surface area (Å²) in [6.45, 7) is 8.30. The number of hydrogen-bond acceptors (Lipinski definition) is 4. The van der Waals surface area contributed by atoms with Gasteiger partial charge in [-0.1, -0.05) is 12.1 Å². The lowest BCUT2D eigenvalue weighted by atomic mass is 9.97. The molecule has 3 rings (SSSR count). The van der Waals surface area contributed by atoms with Crippen molar-refractivity contribution in [3.8, 4) is 0 Å². The molecule has 2 aliphatic heterocycles. The summed E-state index contributed by atoms with van der Waals surface area (Å²) in [5, 5.41) is 7.95. The van der Waals surface area contributed by atoms with E-state index in [1.54, 1.807) is 6.20 Å². The van der Waals surface area contributed by atoms with Crippen LogP contribution in [0.5, 0.6) is 0 Å². The highest BCUT2D eigenvalue weighted by atomic mass is 15.5. The van der Waals surface area contributed by atoms with Gasteiger partial charge in [0.2, 0.25) is 0 Å². The summed E-state index contributed by atoms with van der Waals surface area (Å²) in [6, 6.07) is 1.36. The normalized spacial score (nSPS) is 25.0. The third kappa shape index (κ3) is 2.21. The smallest absolute Gasteiger partial charge is 0.0790 e. The highest BCUT2D eigenvalue weighted by Gasteiger charge is 2.35. The van der Waals surface area contributed by atoms with Crippen molar-refractivity contribution >= 4 is 0 Å². The Morgan fingerprint density at radius 2 is 1.94 bits per heavy atom. The maximum atomic E-state index is 4.07. The van der Waals surface area contributed by atoms with E-state index in [4.69, 9.17) is 0 Å². The van der Waals surface area contributed by atoms with Gasteiger partial charge in [-0.05, 0) is 32.5 Å². The van der Waals surface area contributed by atoms with Crippen LogP contribution in [0.3, 0.4) is 0 Å². The van der Waals surface area contributed by atoms with Crippen LogP contribution in [0, 0.1) is 0 Å². The lowest BCUT2D eigenvalue weighted by Crippen LogP contribution is -2.55. The molecular weight excluding hydrogens is 214 g/mol. The van der Waals surface area contributed by atoms with Gasteiger partial charge in [-0.25, -0.2) is 4.68 Å². The highest BCUT2D eigenvalue weighted by molar-refractivity contribution is 4.91. The molecule has 2 fully saturated rings. The van der Waals surface area contributed by atoms with E-state index in [1.807, 2.05) is 10.9 Å². The first-order chi connectivity index (χ1) is 8.36. The summed E-state index contributed by atoms with van der Waals surface area (Å²) in [5.74, 6) is 0. The van der Waals surface area contributed by atoms with Crippen molar-refractivity contribution in [1.82, 2.24) is 24.8 Å². The predicted molar refractivity (Wildman–Crippen MR) is 65.8 cm³/mol. The Morgan fingerprint density at radius 1 is 1.18 bits per heavy atom. The molecule has 2 saturated heterocycles. The van der Waals surface area contributed by atoms with E-state index < -0.39 is 0 Å². The van der Waals surface area contributed by atoms with Gasteiger partial charge in [0.25, 0.3) is 0 Å². The monoisotopic (exact) mass is 235 g/mol. The van der Waals surface area contributed by atoms with Gasteiger partial charge in [-0.3, -0.25) is 4.90 Å². The van der Waals surface area contributed by atoms with Gasteiger partial charge < -0.3 is 4.90 Å². The highest BCUT2D eigenvalue weighted by Crippen LogP contribution is 2.27. The Balaban J connectivity index is 1.47. The molecule has 5 nitrogen and oxygen atoms in total. The fourth-order valence-electron chi connectivity index (χ4n) is 2.97. The third-order valence-electron chi connectivity index (χ3n) is 4.23. The van der Waals surface area contributed by atoms with Gasteiger partial charge >= 0.3 is 0 Å². The molecule has 0 spiro atoms. The maximum Gasteiger partial charge on any atom is 0.0790 e. The first-order valence-corrected chi connectivity index (χ1v) is 6.69. The van der Waals surface area contributed by atoms with Crippen LogP contribution in [0.4, 0.5) is 0 Å². The van der Waals surface area contributed by atoms with Gasteiger partial charge in [0, 0.05) is 25.3 Å². The van der Waals surface area contributed by atoms with Crippen LogP contribution in [0.1, 0.15) is 25.8 Å². The molecule has 1 aromatic heterocycles. The van der Waals surface area contributed by atoms with Gasteiger partial charge in [0.1, 0.15) is 0 Å². The van der Waals surface area contributed by atoms with E-state index in [9.17, 15) is 0 Å². The second-order valence-corrected chi connectivity index (χ2v) is 5.16. The van der Waals surface area contributed by atoms with Crippen molar-refractivity contribution in [1.29, 1.82) is 0 Å². The Hall–Kier alpha value is -0.940. The summed E-state index contributed by atoms with van der Waals surface area (Å²) in [4.78, 5) is 5.16. The number of rotatable bonds is 3. The van der Waals surface area contributed by atoms with Crippen LogP contribution >= 0.6 is 0 Å². The van der Waals surface area contributed by atoms with Crippen LogP contribution in [0.2, 0.25) is 0 Å². The minimum absolute atomic E-state index is 0.557. The van der Waals surface area contributed by atoms with Crippen molar-refractivity contribution in [2.45, 2.75) is 31.8 Å². The maximum absolute atomic E-state index is 4.07. The Kier molecular flexibility index (Phi) is 3.11. The Labute approximate surface area is 102 Å². The van der Waals surface area contributed by atoms with Crippen molar-refractivity contribution in [2.24, 2.45) is 0 Å². The zero-order chi connectivity index (χ0) is 11.7. The average Bonchev–Trinajstić information content (AvgIpc) is 2.82. The molecule has 0 aliphatic carbocycles. The lowest BCUT2D eigenvalue weighted by Gasteiger charge is -2.46. The Bertz CT molecular complexity index is 336. The summed E-state index contributed by atoms with van der Waals surface area (Å²) in [7, 11) is 0. The predicted octanol–water partition coefficient (Wildman–Crippen LogP) is 0.619. The number of hydrogen-bond donors (Lipinski definition) is 0. The van der Waals surface area contributed by atoms with E-state index >= 15 is 0 Å². The van der Waals surface area contributed by atoms with Crippen molar-refractivity contribution in [2.75, 3.05) is 32.7 Å². The van der Waals surface area contributed by atoms with E-state index in [-0.39, 0.29) is 0 Å². The molecule has 0 saturated carbocycles. The second kappa shape index (κ2) is 4.74. The minimum atomic E-state index is 0.557. The first kappa shape index (κ1) is 11.2. The number of likely N-dealkylation sites (tertiary alicyclic amines) is 2. The van der Waals surface area contributed by atoms with Crippen molar-refractivity contribution < 1.29 is 0 Å². The molecule has 0 aromatic carbocycles. The van der Waals surface area contributed by atoms with Crippen LogP contribution < -0.4 is 0 Å². The number of piperidine rings is 1. The summed E-state index contributed by atoms with van der Waals surface area (Å²) < 4.78 is 2.00. The molecular formula is C12H21N5. The van der Waals surface area contributed by atoms with Crippen LogP contribution in [-0.4, -0.2) is 63.6 Å². The van der Waals surface area contributed by atoms with E-state index in [1.165, 1.54) is 32.5 Å². The molecule has 3 heterocycles. The van der Waals surface area contributed by atoms with Crippen LogP contribution in [-0.2, 0) is 0 Å². The minimum Gasteiger partial charge on any atom is -0.303 e. The lowest BCUT2D eigenvalue weighted by molar-refractivity contribution is 0.0206. The molecule has 17 heavy (non-hydrogen) atoms. The Morgan fingerprint density at radius 3 is 2.53 bits per heavy atom. The molecule has 1 aromatic rings. The summed E-state index contributed by atoms with van der Waals surface area (Å²) >= 11 is 0. The van der Waals surface area contributed by atoms with Gasteiger partial charge in [-0.15, -0.1) is 5.10 Å². The molecule has 0 N–H and O–H groups in total. The van der Waals surface area contributed by atoms with Crippen LogP contribution in [0.15, 0.2) is 12.4 Å². The third-order valence-corrected chi connectivity index (χ3v) is 4.23. The van der Waals surface area contributed by atoms with E-state index in [0.29, 0.717) is 6.04 Å². The van der Waals surface area contributed by atoms with E-state index in [2.05, 4.69) is 27.0 Å². The van der Waals surface area contributed by atoms with Crippen LogP contribution in [0.25, 0.3) is 0 Å². The fourth-order valence-corrected chi connectivity index (χ4v) is 2.97. The number of nitrogens with zero attached hydrogens (tertiary/aromatic N) is 5. The number of aromatic nitrogens is 3. The summed E-state index contributed by atoms with van der Waals surface area (Å²) in [5.41, 5.74) is 0. The molecule has 0 atom stereocenters. The average molecular weight is 235 g/mol. The van der Waals surface area contributed by atoms with Gasteiger partial charge in [-0.2, -0.15) is 0 Å². The zero-order valence-corrected chi connectivity index (χ0v) is 10.5. The van der Waals surface area contributed by atoms with Gasteiger partial charge in [0.15, 0.2) is 0 Å². The van der Waals surface area contributed by atoms with Gasteiger partial charge in [0.05, 0.1) is 12.2 Å². The van der Waals surface area contributed by atoms with Crippen molar-refractivity contribution in [3.63, 3.8) is 0 Å². The van der Waals surface area contributed by atoms with Crippen molar-refractivity contribution in [3.05, 3.63) is 12.4 Å².